The van der Waals surface area contributed by atoms with Gasteiger partial charge in [0, 0.05) is 12.6 Å². The smallest absolute Gasteiger partial charge is 0.416 e. The first-order chi connectivity index (χ1) is 12.7. The van der Waals surface area contributed by atoms with Crippen molar-refractivity contribution in [3.05, 3.63) is 63.7 Å². The van der Waals surface area contributed by atoms with E-state index in [9.17, 15) is 28.1 Å². The molecule has 10 heteroatoms. The van der Waals surface area contributed by atoms with Crippen molar-refractivity contribution in [2.75, 3.05) is 25.6 Å². The van der Waals surface area contributed by atoms with Gasteiger partial charge in [-0.1, -0.05) is 0 Å². The van der Waals surface area contributed by atoms with Gasteiger partial charge in [-0.05, 0) is 36.4 Å². The Morgan fingerprint density at radius 2 is 1.85 bits per heavy atom. The zero-order valence-electron chi connectivity index (χ0n) is 14.1. The summed E-state index contributed by atoms with van der Waals surface area (Å²) in [5.74, 6) is -0.0378. The molecule has 27 heavy (non-hydrogen) atoms. The van der Waals surface area contributed by atoms with Crippen LogP contribution in [-0.4, -0.2) is 31.2 Å². The summed E-state index contributed by atoms with van der Waals surface area (Å²) in [5.41, 5.74) is -1.46. The molecule has 2 rings (SSSR count). The van der Waals surface area contributed by atoms with Gasteiger partial charge in [0.2, 0.25) is 0 Å². The van der Waals surface area contributed by atoms with Gasteiger partial charge in [-0.25, -0.2) is 4.79 Å². The molecule has 144 valence electrons. The molecule has 0 unspecified atom stereocenters. The third-order valence-corrected chi connectivity index (χ3v) is 3.48. The molecule has 0 spiro atoms. The number of carbonyl (C=O) groups excluding carboxylic acids is 1. The predicted molar refractivity (Wildman–Crippen MR) is 89.9 cm³/mol. The van der Waals surface area contributed by atoms with Crippen molar-refractivity contribution in [3.8, 4) is 5.75 Å². The maximum absolute atomic E-state index is 12.7. The Morgan fingerprint density at radius 3 is 2.41 bits per heavy atom. The zero-order valence-corrected chi connectivity index (χ0v) is 14.1. The second-order valence-corrected chi connectivity index (χ2v) is 5.28. The highest BCUT2D eigenvalue weighted by Crippen LogP contribution is 2.34. The number of nitrogens with one attached hydrogen (secondary N) is 1. The lowest BCUT2D eigenvalue weighted by Crippen LogP contribution is -2.13. The number of rotatable bonds is 7. The molecule has 2 aromatic rings. The third-order valence-electron chi connectivity index (χ3n) is 3.48. The van der Waals surface area contributed by atoms with E-state index < -0.39 is 28.3 Å². The maximum atomic E-state index is 12.7. The Bertz CT molecular complexity index is 822. The van der Waals surface area contributed by atoms with E-state index in [2.05, 4.69) is 10.1 Å². The average Bonchev–Trinajstić information content (AvgIpc) is 2.64. The van der Waals surface area contributed by atoms with E-state index in [4.69, 9.17) is 4.74 Å². The van der Waals surface area contributed by atoms with Crippen molar-refractivity contribution in [3.63, 3.8) is 0 Å². The van der Waals surface area contributed by atoms with Crippen molar-refractivity contribution in [1.82, 2.24) is 0 Å². The van der Waals surface area contributed by atoms with Crippen molar-refractivity contribution >= 4 is 17.3 Å². The van der Waals surface area contributed by atoms with Crippen LogP contribution in [0.15, 0.2) is 42.5 Å². The molecular weight excluding hydrogens is 369 g/mol. The fraction of sp³-hybridized carbons (Fsp3) is 0.235. The summed E-state index contributed by atoms with van der Waals surface area (Å²) in [6, 6.07) is 8.37. The maximum Gasteiger partial charge on any atom is 0.416 e. The van der Waals surface area contributed by atoms with E-state index in [1.165, 1.54) is 19.2 Å². The quantitative estimate of drug-likeness (QED) is 0.337. The number of nitro groups is 1. The highest BCUT2D eigenvalue weighted by Gasteiger charge is 2.32. The van der Waals surface area contributed by atoms with Gasteiger partial charge in [-0.3, -0.25) is 10.1 Å². The van der Waals surface area contributed by atoms with Crippen LogP contribution in [0, 0.1) is 10.1 Å². The third kappa shape index (κ3) is 5.33. The molecule has 0 aromatic heterocycles. The molecule has 0 bridgehead atoms. The average molecular weight is 384 g/mol. The second kappa shape index (κ2) is 8.39. The van der Waals surface area contributed by atoms with E-state index in [0.29, 0.717) is 17.4 Å². The minimum Gasteiger partial charge on any atom is -0.492 e. The summed E-state index contributed by atoms with van der Waals surface area (Å²) in [6.45, 7) is 0.209. The van der Waals surface area contributed by atoms with Crippen LogP contribution in [0.1, 0.15) is 15.9 Å². The second-order valence-electron chi connectivity index (χ2n) is 5.28. The SMILES string of the molecule is COC(=O)c1ccc(OCCNc2ccc(C(F)(F)F)cc2[N+](=O)[O-])cc1. The number of benzene rings is 2. The number of carbonyl (C=O) groups is 1. The standard InChI is InChI=1S/C17H15F3N2O5/c1-26-16(23)11-2-5-13(6-3-11)27-9-8-21-14-7-4-12(17(18,19)20)10-15(14)22(24)25/h2-7,10,21H,8-9H2,1H3. The number of halogens is 3. The first kappa shape index (κ1) is 20.0. The van der Waals surface area contributed by atoms with Crippen molar-refractivity contribution in [1.29, 1.82) is 0 Å². The molecule has 0 atom stereocenters. The Hall–Kier alpha value is -3.30. The number of hydrogen-bond donors (Lipinski definition) is 1. The summed E-state index contributed by atoms with van der Waals surface area (Å²) in [6.07, 6.45) is -4.66. The van der Waals surface area contributed by atoms with E-state index in [-0.39, 0.29) is 18.8 Å². The molecule has 0 saturated heterocycles. The Kier molecular flexibility index (Phi) is 6.22. The largest absolute Gasteiger partial charge is 0.492 e. The fourth-order valence-electron chi connectivity index (χ4n) is 2.17. The topological polar surface area (TPSA) is 90.7 Å². The number of esters is 1. The molecule has 0 radical (unpaired) electrons. The highest BCUT2D eigenvalue weighted by atomic mass is 19.4. The monoisotopic (exact) mass is 384 g/mol. The molecule has 1 N–H and O–H groups in total. The molecular formula is C17H15F3N2O5. The van der Waals surface area contributed by atoms with E-state index in [1.54, 1.807) is 12.1 Å². The number of nitrogens with zero attached hydrogens (tertiary/aromatic N) is 1. The number of nitro benzene ring substituents is 1. The number of anilines is 1. The molecule has 2 aromatic carbocycles. The van der Waals surface area contributed by atoms with Crippen molar-refractivity contribution in [2.24, 2.45) is 0 Å². The fourth-order valence-corrected chi connectivity index (χ4v) is 2.17. The van der Waals surface area contributed by atoms with E-state index in [0.717, 1.165) is 12.1 Å². The Labute approximate surface area is 151 Å². The van der Waals surface area contributed by atoms with Crippen LogP contribution in [-0.2, 0) is 10.9 Å². The minimum absolute atomic E-state index is 0.0439. The van der Waals surface area contributed by atoms with Crippen LogP contribution < -0.4 is 10.1 Å². The molecule has 0 heterocycles. The molecule has 0 aliphatic carbocycles. The lowest BCUT2D eigenvalue weighted by Gasteiger charge is -2.11. The van der Waals surface area contributed by atoms with Gasteiger partial charge in [0.15, 0.2) is 0 Å². The summed E-state index contributed by atoms with van der Waals surface area (Å²) < 4.78 is 48.0. The molecule has 0 fully saturated rings. The van der Waals surface area contributed by atoms with Crippen LogP contribution in [0.2, 0.25) is 0 Å². The molecule has 0 aliphatic rings. The summed E-state index contributed by atoms with van der Waals surface area (Å²) in [7, 11) is 1.26. The Balaban J connectivity index is 1.95. The normalized spacial score (nSPS) is 11.0. The van der Waals surface area contributed by atoms with Crippen molar-refractivity contribution in [2.45, 2.75) is 6.18 Å². The molecule has 0 amide bonds. The van der Waals surface area contributed by atoms with Crippen LogP contribution in [0.3, 0.4) is 0 Å². The van der Waals surface area contributed by atoms with Crippen LogP contribution in [0.25, 0.3) is 0 Å². The van der Waals surface area contributed by atoms with Gasteiger partial charge in [-0.15, -0.1) is 0 Å². The summed E-state index contributed by atoms with van der Waals surface area (Å²) in [5, 5.41) is 13.7. The molecule has 7 nitrogen and oxygen atoms in total. The van der Waals surface area contributed by atoms with Crippen molar-refractivity contribution < 1.29 is 32.4 Å². The van der Waals surface area contributed by atoms with Gasteiger partial charge in [-0.2, -0.15) is 13.2 Å². The number of methoxy groups -OCH3 is 1. The Morgan fingerprint density at radius 1 is 1.19 bits per heavy atom. The van der Waals surface area contributed by atoms with Gasteiger partial charge in [0.1, 0.15) is 18.0 Å². The number of alkyl halides is 3. The summed E-state index contributed by atoms with van der Waals surface area (Å²) in [4.78, 5) is 21.4. The minimum atomic E-state index is -4.66. The lowest BCUT2D eigenvalue weighted by atomic mass is 10.1. The lowest BCUT2D eigenvalue weighted by molar-refractivity contribution is -0.384. The van der Waals surface area contributed by atoms with Crippen LogP contribution in [0.4, 0.5) is 24.5 Å². The van der Waals surface area contributed by atoms with Gasteiger partial charge in [0.25, 0.3) is 5.69 Å². The van der Waals surface area contributed by atoms with E-state index >= 15 is 0 Å². The van der Waals surface area contributed by atoms with Crippen LogP contribution >= 0.6 is 0 Å². The van der Waals surface area contributed by atoms with Gasteiger partial charge < -0.3 is 14.8 Å². The molecule has 0 saturated carbocycles. The highest BCUT2D eigenvalue weighted by molar-refractivity contribution is 5.89. The van der Waals surface area contributed by atoms with Crippen LogP contribution in [0.5, 0.6) is 5.75 Å². The predicted octanol–water partition coefficient (Wildman–Crippen LogP) is 3.89. The molecule has 0 aliphatic heterocycles. The zero-order chi connectivity index (χ0) is 20.0. The van der Waals surface area contributed by atoms with E-state index in [1.807, 2.05) is 0 Å². The number of hydrogen-bond acceptors (Lipinski definition) is 6. The summed E-state index contributed by atoms with van der Waals surface area (Å²) >= 11 is 0. The number of ether oxygens (including phenoxy) is 2. The van der Waals surface area contributed by atoms with Gasteiger partial charge >= 0.3 is 12.1 Å². The van der Waals surface area contributed by atoms with Gasteiger partial charge in [0.05, 0.1) is 23.2 Å². The first-order valence-electron chi connectivity index (χ1n) is 7.63. The first-order valence-corrected chi connectivity index (χ1v) is 7.63.